The first kappa shape index (κ1) is 28.8. The first-order valence-corrected chi connectivity index (χ1v) is 15.8. The number of rotatable bonds is 9. The molecule has 0 spiro atoms. The number of hydrogen-bond donors (Lipinski definition) is 1. The molecule has 0 aromatic heterocycles. The minimum Gasteiger partial charge on any atom is -0.279 e. The van der Waals surface area contributed by atoms with Gasteiger partial charge in [-0.1, -0.05) is 63.6 Å². The van der Waals surface area contributed by atoms with Gasteiger partial charge in [-0.3, -0.25) is 5.01 Å². The van der Waals surface area contributed by atoms with E-state index in [0.29, 0.717) is 37.2 Å². The predicted octanol–water partition coefficient (Wildman–Crippen LogP) is 7.45. The van der Waals surface area contributed by atoms with Crippen molar-refractivity contribution in [1.82, 2.24) is 9.73 Å². The minimum absolute atomic E-state index is 0.0640. The second-order valence-corrected chi connectivity index (χ2v) is 13.9. The number of benzene rings is 2. The van der Waals surface area contributed by atoms with Gasteiger partial charge in [0, 0.05) is 19.6 Å². The van der Waals surface area contributed by atoms with E-state index >= 15 is 0 Å². The molecule has 0 saturated heterocycles. The highest BCUT2D eigenvalue weighted by Crippen LogP contribution is 2.57. The summed E-state index contributed by atoms with van der Waals surface area (Å²) in [4.78, 5) is 0.191. The van der Waals surface area contributed by atoms with Crippen LogP contribution in [0.1, 0.15) is 95.4 Å². The van der Waals surface area contributed by atoms with Crippen molar-refractivity contribution in [2.75, 3.05) is 19.6 Å². The van der Waals surface area contributed by atoms with Gasteiger partial charge in [-0.05, 0) is 104 Å². The minimum atomic E-state index is -3.76. The summed E-state index contributed by atoms with van der Waals surface area (Å²) in [6.45, 7) is 17.0. The quantitative estimate of drug-likeness (QED) is 0.266. The van der Waals surface area contributed by atoms with E-state index < -0.39 is 10.0 Å². The van der Waals surface area contributed by atoms with Crippen molar-refractivity contribution in [2.45, 2.75) is 96.8 Å². The Labute approximate surface area is 230 Å². The molecule has 38 heavy (non-hydrogen) atoms. The van der Waals surface area contributed by atoms with Gasteiger partial charge in [0.2, 0.25) is 10.0 Å². The molecule has 2 aliphatic rings. The normalized spacial score (nSPS) is 25.4. The van der Waals surface area contributed by atoms with Crippen molar-refractivity contribution in [3.8, 4) is 0 Å². The maximum Gasteiger partial charge on any atom is 0.242 e. The largest absolute Gasteiger partial charge is 0.279 e. The van der Waals surface area contributed by atoms with E-state index in [1.54, 1.807) is 17.1 Å². The summed E-state index contributed by atoms with van der Waals surface area (Å²) >= 11 is 0. The third-order valence-electron chi connectivity index (χ3n) is 9.25. The number of fused-ring (bicyclic) bond motifs is 3. The molecule has 0 aliphatic heterocycles. The standard InChI is InChI=1S/C31H46N4O2S/c1-8-35(9-2)34-33-27-19-23(5)11-15-28(27)38(36,37)32-21-30(6)17-10-18-31(7)26-14-12-24(22(3)4)20-25(26)13-16-29(30)31/h11-12,14-15,19-20,22,29,32H,8-10,13,16-18,21H2,1-7H3/t29-,30-,31+/m0/s1. The van der Waals surface area contributed by atoms with Crippen LogP contribution in [0.5, 0.6) is 0 Å². The summed E-state index contributed by atoms with van der Waals surface area (Å²) < 4.78 is 30.3. The molecule has 1 N–H and O–H groups in total. The fraction of sp³-hybridized carbons (Fsp3) is 0.613. The molecule has 6 nitrogen and oxygen atoms in total. The van der Waals surface area contributed by atoms with Gasteiger partial charge in [0.05, 0.1) is 0 Å². The first-order valence-electron chi connectivity index (χ1n) is 14.3. The van der Waals surface area contributed by atoms with Crippen molar-refractivity contribution in [2.24, 2.45) is 21.7 Å². The highest BCUT2D eigenvalue weighted by Gasteiger charge is 2.51. The van der Waals surface area contributed by atoms with Gasteiger partial charge in [0.1, 0.15) is 10.6 Å². The molecule has 2 aliphatic carbocycles. The zero-order chi connectivity index (χ0) is 27.7. The van der Waals surface area contributed by atoms with Crippen LogP contribution in [0.15, 0.2) is 51.6 Å². The van der Waals surface area contributed by atoms with Gasteiger partial charge in [0.15, 0.2) is 0 Å². The van der Waals surface area contributed by atoms with Gasteiger partial charge >= 0.3 is 0 Å². The van der Waals surface area contributed by atoms with Crippen LogP contribution < -0.4 is 4.72 Å². The van der Waals surface area contributed by atoms with Crippen LogP contribution in [-0.4, -0.2) is 33.1 Å². The number of aryl methyl sites for hydroxylation is 2. The topological polar surface area (TPSA) is 74.1 Å². The fourth-order valence-electron chi connectivity index (χ4n) is 6.95. The van der Waals surface area contributed by atoms with Crippen molar-refractivity contribution >= 4 is 15.7 Å². The summed E-state index contributed by atoms with van der Waals surface area (Å²) in [7, 11) is -3.76. The van der Waals surface area contributed by atoms with E-state index in [4.69, 9.17) is 0 Å². The Kier molecular flexibility index (Phi) is 8.39. The molecule has 3 atom stereocenters. The van der Waals surface area contributed by atoms with Crippen LogP contribution in [0.4, 0.5) is 5.69 Å². The lowest BCUT2D eigenvalue weighted by atomic mass is 9.50. The number of hydrogen-bond acceptors (Lipinski definition) is 4. The predicted molar refractivity (Wildman–Crippen MR) is 155 cm³/mol. The maximum absolute atomic E-state index is 13.6. The Hall–Kier alpha value is -2.25. The SMILES string of the molecule is CCN(CC)N=Nc1cc(C)ccc1S(=O)(=O)NC[C@]1(C)CCC[C@]2(C)c3ccc(C(C)C)cc3CC[C@@H]12. The van der Waals surface area contributed by atoms with Crippen LogP contribution in [0, 0.1) is 18.3 Å². The van der Waals surface area contributed by atoms with E-state index in [1.807, 2.05) is 26.8 Å². The highest BCUT2D eigenvalue weighted by molar-refractivity contribution is 7.89. The lowest BCUT2D eigenvalue weighted by Crippen LogP contribution is -2.53. The van der Waals surface area contributed by atoms with Crippen LogP contribution in [0.25, 0.3) is 0 Å². The van der Waals surface area contributed by atoms with Gasteiger partial charge in [-0.25, -0.2) is 13.1 Å². The van der Waals surface area contributed by atoms with Gasteiger partial charge in [-0.2, -0.15) is 0 Å². The summed E-state index contributed by atoms with van der Waals surface area (Å²) in [5, 5.41) is 10.4. The average molecular weight is 539 g/mol. The second kappa shape index (κ2) is 11.1. The van der Waals surface area contributed by atoms with Crippen LogP contribution in [0.2, 0.25) is 0 Å². The number of nitrogens with one attached hydrogen (secondary N) is 1. The maximum atomic E-state index is 13.6. The zero-order valence-electron chi connectivity index (χ0n) is 24.3. The third-order valence-corrected chi connectivity index (χ3v) is 10.7. The van der Waals surface area contributed by atoms with Crippen LogP contribution in [-0.2, 0) is 21.9 Å². The average Bonchev–Trinajstić information content (AvgIpc) is 2.88. The summed E-state index contributed by atoms with van der Waals surface area (Å²) in [6.07, 6.45) is 5.44. The molecular formula is C31H46N4O2S. The first-order chi connectivity index (χ1) is 17.9. The lowest BCUT2D eigenvalue weighted by molar-refractivity contribution is 0.0299. The van der Waals surface area contributed by atoms with Crippen LogP contribution in [0.3, 0.4) is 0 Å². The molecule has 0 radical (unpaired) electrons. The van der Waals surface area contributed by atoms with E-state index in [9.17, 15) is 8.42 Å². The lowest BCUT2D eigenvalue weighted by Gasteiger charge is -2.55. The Bertz CT molecular complexity index is 1280. The molecule has 0 heterocycles. The van der Waals surface area contributed by atoms with E-state index in [2.05, 4.69) is 61.0 Å². The molecule has 1 saturated carbocycles. The highest BCUT2D eigenvalue weighted by atomic mass is 32.2. The summed E-state index contributed by atoms with van der Waals surface area (Å²) in [6, 6.07) is 12.4. The molecule has 2 aromatic rings. The molecule has 0 amide bonds. The smallest absolute Gasteiger partial charge is 0.242 e. The van der Waals surface area contributed by atoms with E-state index in [0.717, 1.165) is 37.7 Å². The molecule has 0 unspecified atom stereocenters. The van der Waals surface area contributed by atoms with Crippen molar-refractivity contribution < 1.29 is 8.42 Å². The zero-order valence-corrected chi connectivity index (χ0v) is 25.2. The number of sulfonamides is 1. The van der Waals surface area contributed by atoms with E-state index in [1.165, 1.54) is 16.7 Å². The van der Waals surface area contributed by atoms with Gasteiger partial charge < -0.3 is 0 Å². The molecule has 0 bridgehead atoms. The molecule has 1 fully saturated rings. The van der Waals surface area contributed by atoms with Crippen molar-refractivity contribution in [3.05, 3.63) is 58.7 Å². The van der Waals surface area contributed by atoms with Gasteiger partial charge in [-0.15, -0.1) is 5.11 Å². The molecule has 7 heteroatoms. The molecule has 2 aromatic carbocycles. The Morgan fingerprint density at radius 1 is 1.08 bits per heavy atom. The van der Waals surface area contributed by atoms with Crippen molar-refractivity contribution in [3.63, 3.8) is 0 Å². The van der Waals surface area contributed by atoms with Gasteiger partial charge in [0.25, 0.3) is 0 Å². The summed E-state index contributed by atoms with van der Waals surface area (Å²) in [5.74, 6) is 0.943. The Morgan fingerprint density at radius 3 is 2.50 bits per heavy atom. The third kappa shape index (κ3) is 5.55. The summed E-state index contributed by atoms with van der Waals surface area (Å²) in [5.41, 5.74) is 5.65. The molecule has 4 rings (SSSR count). The molecular weight excluding hydrogens is 492 g/mol. The second-order valence-electron chi connectivity index (χ2n) is 12.2. The van der Waals surface area contributed by atoms with Crippen molar-refractivity contribution in [1.29, 1.82) is 0 Å². The number of nitrogens with zero attached hydrogens (tertiary/aromatic N) is 3. The van der Waals surface area contributed by atoms with Crippen LogP contribution >= 0.6 is 0 Å². The molecule has 208 valence electrons. The Morgan fingerprint density at radius 2 is 1.82 bits per heavy atom. The Balaban J connectivity index is 1.59. The fourth-order valence-corrected chi connectivity index (χ4v) is 8.24. The van der Waals surface area contributed by atoms with E-state index in [-0.39, 0.29) is 15.7 Å². The monoisotopic (exact) mass is 538 g/mol.